The minimum atomic E-state index is -1.55. The van der Waals surface area contributed by atoms with E-state index in [9.17, 15) is 19.8 Å². The van der Waals surface area contributed by atoms with Gasteiger partial charge in [0.05, 0.1) is 19.3 Å². The van der Waals surface area contributed by atoms with Crippen LogP contribution in [-0.2, 0) is 47.5 Å². The van der Waals surface area contributed by atoms with Crippen LogP contribution in [0.4, 0.5) is 0 Å². The third-order valence-electron chi connectivity index (χ3n) is 12.4. The number of carbonyl (C=O) groups excluding carboxylic acids is 2. The van der Waals surface area contributed by atoms with Crippen molar-refractivity contribution in [3.8, 4) is 0 Å². The molecule has 14 atom stereocenters. The average molecular weight is 693 g/mol. The van der Waals surface area contributed by atoms with Crippen LogP contribution >= 0.6 is 0 Å². The van der Waals surface area contributed by atoms with Gasteiger partial charge in [0.2, 0.25) is 5.79 Å². The molecule has 12 heteroatoms. The van der Waals surface area contributed by atoms with E-state index in [0.717, 1.165) is 24.0 Å². The van der Waals surface area contributed by atoms with E-state index >= 15 is 0 Å². The van der Waals surface area contributed by atoms with Crippen LogP contribution in [-0.4, -0.2) is 109 Å². The van der Waals surface area contributed by atoms with Crippen LogP contribution < -0.4 is 0 Å². The van der Waals surface area contributed by atoms with Crippen molar-refractivity contribution >= 4 is 11.9 Å². The summed E-state index contributed by atoms with van der Waals surface area (Å²) in [7, 11) is 3.16. The molecule has 2 bridgehead atoms. The van der Waals surface area contributed by atoms with Crippen LogP contribution in [0.15, 0.2) is 22.8 Å². The van der Waals surface area contributed by atoms with Crippen LogP contribution in [0, 0.1) is 29.1 Å². The second-order valence-corrected chi connectivity index (χ2v) is 16.0. The summed E-state index contributed by atoms with van der Waals surface area (Å²) in [4.78, 5) is 24.8. The van der Waals surface area contributed by atoms with Crippen molar-refractivity contribution in [2.75, 3.05) is 27.4 Å². The highest BCUT2D eigenvalue weighted by atomic mass is 16.9. The van der Waals surface area contributed by atoms with E-state index in [1.54, 1.807) is 28.1 Å². The Bertz CT molecular complexity index is 1380. The van der Waals surface area contributed by atoms with Crippen LogP contribution in [0.2, 0.25) is 0 Å². The van der Waals surface area contributed by atoms with E-state index in [4.69, 9.17) is 37.9 Å². The molecule has 0 amide bonds. The van der Waals surface area contributed by atoms with Gasteiger partial charge in [-0.15, -0.1) is 0 Å². The summed E-state index contributed by atoms with van der Waals surface area (Å²) in [5.74, 6) is -3.38. The van der Waals surface area contributed by atoms with Crippen molar-refractivity contribution in [3.63, 3.8) is 0 Å². The Morgan fingerprint density at radius 2 is 1.78 bits per heavy atom. The molecule has 6 rings (SSSR count). The molecule has 4 fully saturated rings. The fraction of sp³-hybridized carbons (Fsp3) is 0.838. The fourth-order valence-electron chi connectivity index (χ4n) is 9.97. The van der Waals surface area contributed by atoms with Gasteiger partial charge in [0, 0.05) is 39.4 Å². The van der Waals surface area contributed by atoms with E-state index in [1.807, 2.05) is 6.92 Å². The molecule has 0 aromatic heterocycles. The third-order valence-corrected chi connectivity index (χ3v) is 12.4. The van der Waals surface area contributed by atoms with E-state index < -0.39 is 83.2 Å². The fourth-order valence-corrected chi connectivity index (χ4v) is 9.97. The molecule has 0 aromatic carbocycles. The molecule has 276 valence electrons. The lowest BCUT2D eigenvalue weighted by Crippen LogP contribution is -2.72. The van der Waals surface area contributed by atoms with Crippen LogP contribution in [0.1, 0.15) is 81.1 Å². The van der Waals surface area contributed by atoms with Gasteiger partial charge in [-0.05, 0) is 62.9 Å². The molecular formula is C37H56O12. The lowest BCUT2D eigenvalue weighted by molar-refractivity contribution is -0.359. The Labute approximate surface area is 289 Å². The van der Waals surface area contributed by atoms with Gasteiger partial charge in [-0.25, -0.2) is 0 Å². The highest BCUT2D eigenvalue weighted by Crippen LogP contribution is 2.61. The molecule has 49 heavy (non-hydrogen) atoms. The minimum absolute atomic E-state index is 0.0519. The quantitative estimate of drug-likeness (QED) is 0.269. The topological polar surface area (TPSA) is 148 Å². The predicted molar refractivity (Wildman–Crippen MR) is 175 cm³/mol. The SMILES string of the molecule is COC[C@H]1O[C@H]([C@@H]2C3=C(C(C)C)CC[C@]3(C)C=C3[C@@H](CC[C@]3(O)COC)[C@@H](C)[C@H]2O)[C@@H](OC(C)=O)[C@H]2O[C@H]3O[C@]21O[C@@]3(C)[C@H](C)OC(C)=O. The molecule has 0 radical (unpaired) electrons. The number of ether oxygens (including phenoxy) is 8. The van der Waals surface area contributed by atoms with Gasteiger partial charge in [-0.2, -0.15) is 0 Å². The number of hydrogen-bond donors (Lipinski definition) is 2. The first-order chi connectivity index (χ1) is 23.0. The summed E-state index contributed by atoms with van der Waals surface area (Å²) in [5, 5.41) is 24.6. The second kappa shape index (κ2) is 12.9. The van der Waals surface area contributed by atoms with Gasteiger partial charge >= 0.3 is 11.9 Å². The smallest absolute Gasteiger partial charge is 0.303 e. The third kappa shape index (κ3) is 5.73. The van der Waals surface area contributed by atoms with E-state index in [1.165, 1.54) is 19.4 Å². The molecule has 6 aliphatic rings. The highest BCUT2D eigenvalue weighted by Gasteiger charge is 2.77. The zero-order chi connectivity index (χ0) is 35.8. The van der Waals surface area contributed by atoms with Crippen molar-refractivity contribution in [1.29, 1.82) is 0 Å². The van der Waals surface area contributed by atoms with E-state index in [2.05, 4.69) is 26.8 Å². The molecule has 0 unspecified atom stereocenters. The number of rotatable bonds is 9. The molecule has 3 aliphatic carbocycles. The molecule has 3 saturated heterocycles. The summed E-state index contributed by atoms with van der Waals surface area (Å²) in [6, 6.07) is 0. The molecule has 3 heterocycles. The largest absolute Gasteiger partial charge is 0.460 e. The molecule has 2 N–H and O–H groups in total. The second-order valence-electron chi connectivity index (χ2n) is 16.0. The maximum absolute atomic E-state index is 12.9. The highest BCUT2D eigenvalue weighted by molar-refractivity contribution is 5.66. The van der Waals surface area contributed by atoms with Crippen LogP contribution in [0.25, 0.3) is 0 Å². The number of methoxy groups -OCH3 is 2. The number of aliphatic hydroxyl groups is 2. The lowest BCUT2D eigenvalue weighted by atomic mass is 9.62. The molecule has 1 spiro atoms. The zero-order valence-corrected chi connectivity index (χ0v) is 30.6. The summed E-state index contributed by atoms with van der Waals surface area (Å²) < 4.78 is 49.8. The summed E-state index contributed by atoms with van der Waals surface area (Å²) in [6.07, 6.45) is -1.24. The van der Waals surface area contributed by atoms with Gasteiger partial charge < -0.3 is 48.1 Å². The summed E-state index contributed by atoms with van der Waals surface area (Å²) in [6.45, 7) is 14.9. The Morgan fingerprint density at radius 3 is 2.39 bits per heavy atom. The van der Waals surface area contributed by atoms with Crippen LogP contribution in [0.3, 0.4) is 0 Å². The van der Waals surface area contributed by atoms with Crippen molar-refractivity contribution in [2.24, 2.45) is 29.1 Å². The normalized spacial score (nSPS) is 46.5. The first-order valence-corrected chi connectivity index (χ1v) is 17.8. The van der Waals surface area contributed by atoms with Gasteiger partial charge in [0.15, 0.2) is 24.1 Å². The minimum Gasteiger partial charge on any atom is -0.460 e. The van der Waals surface area contributed by atoms with Gasteiger partial charge in [0.1, 0.15) is 23.9 Å². The van der Waals surface area contributed by atoms with Gasteiger partial charge in [-0.3, -0.25) is 9.59 Å². The van der Waals surface area contributed by atoms with E-state index in [-0.39, 0.29) is 31.0 Å². The number of aliphatic hydroxyl groups excluding tert-OH is 1. The van der Waals surface area contributed by atoms with Crippen LogP contribution in [0.5, 0.6) is 0 Å². The Kier molecular flexibility index (Phi) is 9.74. The number of esters is 2. The number of carbonyl (C=O) groups is 2. The average Bonchev–Trinajstić information content (AvgIpc) is 3.73. The van der Waals surface area contributed by atoms with Crippen molar-refractivity contribution in [1.82, 2.24) is 0 Å². The van der Waals surface area contributed by atoms with Crippen molar-refractivity contribution in [2.45, 2.75) is 141 Å². The number of allylic oxidation sites excluding steroid dienone is 2. The summed E-state index contributed by atoms with van der Waals surface area (Å²) in [5.41, 5.74) is 0.364. The van der Waals surface area contributed by atoms with Gasteiger partial charge in [0.25, 0.3) is 0 Å². The maximum atomic E-state index is 12.9. The molecule has 12 nitrogen and oxygen atoms in total. The molecule has 1 saturated carbocycles. The van der Waals surface area contributed by atoms with Crippen molar-refractivity contribution < 1.29 is 57.7 Å². The lowest BCUT2D eigenvalue weighted by Gasteiger charge is -2.54. The monoisotopic (exact) mass is 692 g/mol. The predicted octanol–water partition coefficient (Wildman–Crippen LogP) is 3.60. The standard InChI is InChI=1S/C37H56O12/c1-18(2)23-11-13-34(7)15-25-24(12-14-36(25,41)17-43-10)19(3)29(40)27(28(23)34)30-31(45-22(6)39)32-37(26(46-30)16-42-9)48-33(47-32)35(8,49-37)20(4)44-21(5)38/h15,18-20,24,26-27,29-33,40-41H,11-14,16-17H2,1-10H3/t19-,20+,24+,26-,27-,29-,30-,31-,32-,33+,34-,35+,36+,37-/m1/s1. The molecular weight excluding hydrogens is 636 g/mol. The number of fused-ring (bicyclic) bond motifs is 3. The first-order valence-electron chi connectivity index (χ1n) is 17.8. The first kappa shape index (κ1) is 36.9. The number of hydrogen-bond acceptors (Lipinski definition) is 12. The van der Waals surface area contributed by atoms with E-state index in [0.29, 0.717) is 12.8 Å². The maximum Gasteiger partial charge on any atom is 0.303 e. The Balaban J connectivity index is 1.49. The Hall–Kier alpha value is -1.90. The summed E-state index contributed by atoms with van der Waals surface area (Å²) >= 11 is 0. The van der Waals surface area contributed by atoms with Crippen molar-refractivity contribution in [3.05, 3.63) is 22.8 Å². The zero-order valence-electron chi connectivity index (χ0n) is 30.6. The van der Waals surface area contributed by atoms with Gasteiger partial charge in [-0.1, -0.05) is 44.9 Å². The molecule has 0 aromatic rings. The Morgan fingerprint density at radius 1 is 1.06 bits per heavy atom. The molecule has 3 aliphatic heterocycles.